The Morgan fingerprint density at radius 1 is 0.667 bits per heavy atom. The summed E-state index contributed by atoms with van der Waals surface area (Å²) in [5.74, 6) is 0.829. The van der Waals surface area contributed by atoms with E-state index < -0.39 is 0 Å². The van der Waals surface area contributed by atoms with Crippen molar-refractivity contribution in [2.75, 3.05) is 52.9 Å². The van der Waals surface area contributed by atoms with E-state index in [0.29, 0.717) is 5.54 Å². The van der Waals surface area contributed by atoms with Gasteiger partial charge in [0, 0.05) is 49.3 Å². The van der Waals surface area contributed by atoms with Gasteiger partial charge in [0.15, 0.2) is 0 Å². The van der Waals surface area contributed by atoms with E-state index in [1.54, 1.807) is 0 Å². The molecular weight excluding hydrogens is 332 g/mol. The lowest BCUT2D eigenvalue weighted by molar-refractivity contribution is 0.0443. The summed E-state index contributed by atoms with van der Waals surface area (Å²) in [6.07, 6.45) is 5.47. The highest BCUT2D eigenvalue weighted by molar-refractivity contribution is 4.95. The zero-order chi connectivity index (χ0) is 19.8. The SMILES string of the molecule is CN1CCCN(C(C)(C)C)CC1C1CCCN(C2CCN(C(C)(C)C)C2)C1. The van der Waals surface area contributed by atoms with Crippen LogP contribution in [0, 0.1) is 5.92 Å². The number of hydrogen-bond donors (Lipinski definition) is 0. The first kappa shape index (κ1) is 21.5. The molecule has 3 aliphatic rings. The van der Waals surface area contributed by atoms with Gasteiger partial charge in [0.1, 0.15) is 0 Å². The second-order valence-electron chi connectivity index (χ2n) is 11.5. The van der Waals surface area contributed by atoms with Crippen LogP contribution in [0.15, 0.2) is 0 Å². The molecule has 158 valence electrons. The van der Waals surface area contributed by atoms with E-state index in [4.69, 9.17) is 0 Å². The quantitative estimate of drug-likeness (QED) is 0.730. The van der Waals surface area contributed by atoms with E-state index in [2.05, 4.69) is 68.2 Å². The molecule has 3 saturated heterocycles. The van der Waals surface area contributed by atoms with E-state index in [9.17, 15) is 0 Å². The average molecular weight is 379 g/mol. The third kappa shape index (κ3) is 5.26. The van der Waals surface area contributed by atoms with Crippen molar-refractivity contribution in [3.63, 3.8) is 0 Å². The molecule has 27 heavy (non-hydrogen) atoms. The van der Waals surface area contributed by atoms with Crippen LogP contribution in [0.25, 0.3) is 0 Å². The maximum atomic E-state index is 2.86. The Morgan fingerprint density at radius 3 is 1.96 bits per heavy atom. The zero-order valence-electron chi connectivity index (χ0n) is 19.3. The highest BCUT2D eigenvalue weighted by atomic mass is 15.3. The molecule has 4 heteroatoms. The molecule has 3 rings (SSSR count). The van der Waals surface area contributed by atoms with Crippen LogP contribution < -0.4 is 0 Å². The van der Waals surface area contributed by atoms with Gasteiger partial charge >= 0.3 is 0 Å². The Morgan fingerprint density at radius 2 is 1.33 bits per heavy atom. The molecule has 3 aliphatic heterocycles. The third-order valence-corrected chi connectivity index (χ3v) is 7.52. The number of likely N-dealkylation sites (tertiary alicyclic amines) is 2. The molecule has 0 N–H and O–H groups in total. The number of piperidine rings is 1. The summed E-state index contributed by atoms with van der Waals surface area (Å²) in [7, 11) is 2.38. The summed E-state index contributed by atoms with van der Waals surface area (Å²) in [5, 5.41) is 0. The van der Waals surface area contributed by atoms with Gasteiger partial charge in [0.25, 0.3) is 0 Å². The van der Waals surface area contributed by atoms with Crippen molar-refractivity contribution in [3.8, 4) is 0 Å². The maximum absolute atomic E-state index is 2.86. The first-order valence-corrected chi connectivity index (χ1v) is 11.5. The lowest BCUT2D eigenvalue weighted by Crippen LogP contribution is -2.54. The summed E-state index contributed by atoms with van der Waals surface area (Å²) < 4.78 is 0. The summed E-state index contributed by atoms with van der Waals surface area (Å²) in [6.45, 7) is 23.2. The minimum atomic E-state index is 0.288. The topological polar surface area (TPSA) is 13.0 Å². The first-order chi connectivity index (χ1) is 12.6. The molecule has 0 saturated carbocycles. The van der Waals surface area contributed by atoms with Crippen LogP contribution >= 0.6 is 0 Å². The second kappa shape index (κ2) is 8.30. The molecule has 0 radical (unpaired) electrons. The minimum absolute atomic E-state index is 0.288. The Labute approximate surface area is 169 Å². The van der Waals surface area contributed by atoms with Gasteiger partial charge in [-0.25, -0.2) is 0 Å². The lowest BCUT2D eigenvalue weighted by Gasteiger charge is -2.45. The number of nitrogens with zero attached hydrogens (tertiary/aromatic N) is 4. The van der Waals surface area contributed by atoms with Crippen molar-refractivity contribution in [1.82, 2.24) is 19.6 Å². The molecule has 3 unspecified atom stereocenters. The van der Waals surface area contributed by atoms with Gasteiger partial charge in [-0.05, 0) is 99.8 Å². The van der Waals surface area contributed by atoms with Gasteiger partial charge in [-0.3, -0.25) is 14.7 Å². The number of rotatable bonds is 2. The van der Waals surface area contributed by atoms with E-state index in [1.165, 1.54) is 71.5 Å². The molecule has 0 aromatic rings. The van der Waals surface area contributed by atoms with E-state index >= 15 is 0 Å². The van der Waals surface area contributed by atoms with Gasteiger partial charge < -0.3 is 4.90 Å². The van der Waals surface area contributed by atoms with E-state index in [0.717, 1.165) is 18.0 Å². The summed E-state index contributed by atoms with van der Waals surface area (Å²) in [4.78, 5) is 11.0. The van der Waals surface area contributed by atoms with Crippen LogP contribution in [0.4, 0.5) is 0 Å². The molecule has 4 nitrogen and oxygen atoms in total. The molecule has 0 bridgehead atoms. The Kier molecular flexibility index (Phi) is 6.62. The maximum Gasteiger partial charge on any atom is 0.0260 e. The van der Waals surface area contributed by atoms with E-state index in [1.807, 2.05) is 0 Å². The largest absolute Gasteiger partial charge is 0.302 e. The molecule has 0 aromatic heterocycles. The van der Waals surface area contributed by atoms with Crippen molar-refractivity contribution in [2.45, 2.75) is 90.4 Å². The van der Waals surface area contributed by atoms with Crippen molar-refractivity contribution in [2.24, 2.45) is 5.92 Å². The summed E-state index contributed by atoms with van der Waals surface area (Å²) in [5.41, 5.74) is 0.606. The molecule has 0 aliphatic carbocycles. The van der Waals surface area contributed by atoms with Gasteiger partial charge in [0.2, 0.25) is 0 Å². The first-order valence-electron chi connectivity index (χ1n) is 11.5. The second-order valence-corrected chi connectivity index (χ2v) is 11.5. The third-order valence-electron chi connectivity index (χ3n) is 7.52. The van der Waals surface area contributed by atoms with Crippen LogP contribution in [-0.4, -0.2) is 95.6 Å². The molecule has 3 heterocycles. The zero-order valence-corrected chi connectivity index (χ0v) is 19.3. The van der Waals surface area contributed by atoms with Gasteiger partial charge in [0.05, 0.1) is 0 Å². The predicted molar refractivity (Wildman–Crippen MR) is 116 cm³/mol. The van der Waals surface area contributed by atoms with Gasteiger partial charge in [-0.1, -0.05) is 0 Å². The van der Waals surface area contributed by atoms with Crippen LogP contribution in [0.2, 0.25) is 0 Å². The van der Waals surface area contributed by atoms with Crippen LogP contribution in [-0.2, 0) is 0 Å². The Balaban J connectivity index is 1.64. The monoisotopic (exact) mass is 378 g/mol. The lowest BCUT2D eigenvalue weighted by atomic mass is 9.88. The van der Waals surface area contributed by atoms with Crippen molar-refractivity contribution in [1.29, 1.82) is 0 Å². The minimum Gasteiger partial charge on any atom is -0.302 e. The normalized spacial score (nSPS) is 34.1. The molecular formula is C23H46N4. The van der Waals surface area contributed by atoms with Crippen molar-refractivity contribution in [3.05, 3.63) is 0 Å². The number of hydrogen-bond acceptors (Lipinski definition) is 4. The van der Waals surface area contributed by atoms with Gasteiger partial charge in [-0.2, -0.15) is 0 Å². The summed E-state index contributed by atoms with van der Waals surface area (Å²) >= 11 is 0. The highest BCUT2D eigenvalue weighted by Gasteiger charge is 2.39. The smallest absolute Gasteiger partial charge is 0.0260 e. The van der Waals surface area contributed by atoms with Crippen LogP contribution in [0.1, 0.15) is 67.2 Å². The van der Waals surface area contributed by atoms with Gasteiger partial charge in [-0.15, -0.1) is 0 Å². The highest BCUT2D eigenvalue weighted by Crippen LogP contribution is 2.31. The molecule has 0 spiro atoms. The standard InChI is InChI=1S/C23H46N4/c1-22(2,3)26-14-9-12-24(7)21(18-26)19-10-8-13-25(16-19)20-11-15-27(17-20)23(4,5)6/h19-21H,8-18H2,1-7H3. The molecule has 0 aromatic carbocycles. The van der Waals surface area contributed by atoms with E-state index in [-0.39, 0.29) is 5.54 Å². The summed E-state index contributed by atoms with van der Waals surface area (Å²) in [6, 6.07) is 1.50. The number of likely N-dealkylation sites (N-methyl/N-ethyl adjacent to an activating group) is 1. The Bertz CT molecular complexity index is 478. The van der Waals surface area contributed by atoms with Crippen molar-refractivity contribution >= 4 is 0 Å². The fourth-order valence-corrected chi connectivity index (χ4v) is 5.59. The fraction of sp³-hybridized carbons (Fsp3) is 1.00. The molecule has 3 atom stereocenters. The van der Waals surface area contributed by atoms with Crippen LogP contribution in [0.5, 0.6) is 0 Å². The fourth-order valence-electron chi connectivity index (χ4n) is 5.59. The average Bonchev–Trinajstić information content (AvgIpc) is 2.99. The van der Waals surface area contributed by atoms with Crippen molar-refractivity contribution < 1.29 is 0 Å². The predicted octanol–water partition coefficient (Wildman–Crippen LogP) is 3.38. The Hall–Kier alpha value is -0.160. The van der Waals surface area contributed by atoms with Crippen LogP contribution in [0.3, 0.4) is 0 Å². The molecule has 0 amide bonds. The molecule has 3 fully saturated rings.